The van der Waals surface area contributed by atoms with Crippen molar-refractivity contribution in [2.24, 2.45) is 5.92 Å². The number of halogens is 1. The zero-order chi connectivity index (χ0) is 23.7. The van der Waals surface area contributed by atoms with Crippen molar-refractivity contribution < 1.29 is 9.13 Å². The number of thioether (sulfide) groups is 1. The lowest BCUT2D eigenvalue weighted by molar-refractivity contribution is 0.131. The Kier molecular flexibility index (Phi) is 6.69. The van der Waals surface area contributed by atoms with Crippen molar-refractivity contribution in [3.8, 4) is 16.5 Å². The fourth-order valence-electron chi connectivity index (χ4n) is 4.21. The molecule has 3 aromatic heterocycles. The molecule has 34 heavy (non-hydrogen) atoms. The van der Waals surface area contributed by atoms with Crippen LogP contribution < -0.4 is 9.64 Å². The number of benzene rings is 1. The highest BCUT2D eigenvalue weighted by Crippen LogP contribution is 2.31. The summed E-state index contributed by atoms with van der Waals surface area (Å²) in [5, 5.41) is 5.11. The third-order valence-corrected chi connectivity index (χ3v) is 7.89. The van der Waals surface area contributed by atoms with E-state index >= 15 is 0 Å². The maximum atomic E-state index is 14.5. The number of imidazole rings is 1. The van der Waals surface area contributed by atoms with Crippen LogP contribution in [0, 0.1) is 11.7 Å². The van der Waals surface area contributed by atoms with Crippen molar-refractivity contribution in [3.63, 3.8) is 0 Å². The van der Waals surface area contributed by atoms with E-state index in [0.29, 0.717) is 27.3 Å². The number of hydrogen-bond acceptors (Lipinski definition) is 8. The van der Waals surface area contributed by atoms with Gasteiger partial charge in [0, 0.05) is 35.9 Å². The number of fused-ring (bicyclic) bond motifs is 1. The maximum Gasteiger partial charge on any atom is 0.294 e. The van der Waals surface area contributed by atoms with Crippen LogP contribution in [0.2, 0.25) is 0 Å². The second-order valence-electron chi connectivity index (χ2n) is 8.46. The molecule has 0 amide bonds. The molecule has 0 saturated carbocycles. The molecule has 0 unspecified atom stereocenters. The number of ether oxygens (including phenoxy) is 1. The molecule has 1 saturated heterocycles. The van der Waals surface area contributed by atoms with Crippen LogP contribution >= 0.6 is 23.1 Å². The Balaban J connectivity index is 1.20. The minimum atomic E-state index is -0.277. The van der Waals surface area contributed by atoms with Crippen LogP contribution in [-0.2, 0) is 6.42 Å². The number of aryl methyl sites for hydroxylation is 1. The zero-order valence-corrected chi connectivity index (χ0v) is 21.1. The second kappa shape index (κ2) is 9.87. The quantitative estimate of drug-likeness (QED) is 0.318. The third kappa shape index (κ3) is 4.74. The Morgan fingerprint density at radius 3 is 2.65 bits per heavy atom. The van der Waals surface area contributed by atoms with Crippen molar-refractivity contribution >= 4 is 34.0 Å². The molecule has 1 fully saturated rings. The molecule has 1 aliphatic rings. The van der Waals surface area contributed by atoms with Gasteiger partial charge >= 0.3 is 0 Å². The summed E-state index contributed by atoms with van der Waals surface area (Å²) in [4.78, 5) is 17.4. The fraction of sp³-hybridized carbons (Fsp3) is 0.417. The van der Waals surface area contributed by atoms with E-state index in [2.05, 4.69) is 38.8 Å². The summed E-state index contributed by atoms with van der Waals surface area (Å²) in [5.74, 6) is 0.962. The van der Waals surface area contributed by atoms with Crippen molar-refractivity contribution in [1.82, 2.24) is 24.6 Å². The Bertz CT molecular complexity index is 1230. The van der Waals surface area contributed by atoms with E-state index in [1.807, 2.05) is 24.7 Å². The van der Waals surface area contributed by atoms with Gasteiger partial charge in [0.15, 0.2) is 0 Å². The minimum Gasteiger partial charge on any atom is -0.466 e. The van der Waals surface area contributed by atoms with Gasteiger partial charge in [-0.15, -0.1) is 16.9 Å². The largest absolute Gasteiger partial charge is 0.466 e. The molecule has 0 radical (unpaired) electrons. The number of anilines is 1. The van der Waals surface area contributed by atoms with E-state index in [0.717, 1.165) is 48.8 Å². The lowest BCUT2D eigenvalue weighted by Crippen LogP contribution is -2.39. The highest BCUT2D eigenvalue weighted by Gasteiger charge is 2.27. The van der Waals surface area contributed by atoms with Crippen molar-refractivity contribution in [2.75, 3.05) is 24.2 Å². The Morgan fingerprint density at radius 1 is 1.24 bits per heavy atom. The average molecular weight is 499 g/mol. The van der Waals surface area contributed by atoms with E-state index in [9.17, 15) is 4.39 Å². The van der Waals surface area contributed by atoms with Gasteiger partial charge in [-0.1, -0.05) is 6.92 Å². The number of nitrogens with zero attached hydrogens (tertiary/aromatic N) is 6. The van der Waals surface area contributed by atoms with Crippen molar-refractivity contribution in [1.29, 1.82) is 0 Å². The van der Waals surface area contributed by atoms with Crippen LogP contribution in [0.3, 0.4) is 0 Å². The summed E-state index contributed by atoms with van der Waals surface area (Å²) in [6, 6.07) is 5.20. The summed E-state index contributed by atoms with van der Waals surface area (Å²) in [6.45, 7) is 6.03. The van der Waals surface area contributed by atoms with Crippen LogP contribution in [0.25, 0.3) is 16.2 Å². The van der Waals surface area contributed by atoms with Crippen molar-refractivity contribution in [3.05, 3.63) is 48.2 Å². The third-order valence-electron chi connectivity index (χ3n) is 6.35. The summed E-state index contributed by atoms with van der Waals surface area (Å²) in [7, 11) is 0. The molecular weight excluding hydrogens is 471 g/mol. The maximum absolute atomic E-state index is 14.5. The van der Waals surface area contributed by atoms with E-state index in [1.54, 1.807) is 16.8 Å². The lowest BCUT2D eigenvalue weighted by Gasteiger charge is -2.34. The van der Waals surface area contributed by atoms with Crippen molar-refractivity contribution in [2.45, 2.75) is 44.1 Å². The monoisotopic (exact) mass is 498 g/mol. The zero-order valence-electron chi connectivity index (χ0n) is 19.4. The van der Waals surface area contributed by atoms with Crippen LogP contribution in [0.1, 0.15) is 32.3 Å². The summed E-state index contributed by atoms with van der Waals surface area (Å²) in [6.07, 6.45) is 10.5. The number of piperidine rings is 1. The van der Waals surface area contributed by atoms with Crippen LogP contribution in [-0.4, -0.2) is 50.0 Å². The molecular formula is C24H27FN6OS2. The molecule has 0 bridgehead atoms. The standard InChI is InChI=1S/C24H27FN6OS2/c1-4-16-12-26-22(27-13-16)30-9-7-17(8-10-30)15(2)32-24-29-31-14-21(28-23(31)34-24)19-6-5-18(33-3)11-20(19)25/h5-6,11-15,17H,4,7-10H2,1-3H3/t15-/m0/s1. The molecule has 4 aromatic rings. The molecule has 0 spiro atoms. The summed E-state index contributed by atoms with van der Waals surface area (Å²) >= 11 is 2.89. The van der Waals surface area contributed by atoms with Crippen LogP contribution in [0.4, 0.5) is 10.3 Å². The smallest absolute Gasteiger partial charge is 0.294 e. The highest BCUT2D eigenvalue weighted by atomic mass is 32.2. The average Bonchev–Trinajstić information content (AvgIpc) is 3.42. The first-order valence-corrected chi connectivity index (χ1v) is 13.5. The van der Waals surface area contributed by atoms with Gasteiger partial charge in [-0.05, 0) is 73.5 Å². The summed E-state index contributed by atoms with van der Waals surface area (Å²) < 4.78 is 22.3. The number of aromatic nitrogens is 5. The van der Waals surface area contributed by atoms with Crippen LogP contribution in [0.15, 0.2) is 41.7 Å². The predicted molar refractivity (Wildman–Crippen MR) is 134 cm³/mol. The number of rotatable bonds is 7. The highest BCUT2D eigenvalue weighted by molar-refractivity contribution is 7.98. The molecule has 4 heterocycles. The Hall–Kier alpha value is -2.72. The topological polar surface area (TPSA) is 68.4 Å². The molecule has 178 valence electrons. The second-order valence-corrected chi connectivity index (χ2v) is 10.3. The van der Waals surface area contributed by atoms with Gasteiger partial charge in [0.05, 0.1) is 11.9 Å². The Labute approximate surface area is 206 Å². The van der Waals surface area contributed by atoms with Gasteiger partial charge in [-0.25, -0.2) is 23.9 Å². The fourth-order valence-corrected chi connectivity index (χ4v) is 5.45. The molecule has 1 aliphatic heterocycles. The molecule has 5 rings (SSSR count). The summed E-state index contributed by atoms with van der Waals surface area (Å²) in [5.41, 5.74) is 2.21. The SMILES string of the molecule is CCc1cnc(N2CCC([C@H](C)Oc3nn4cc(-c5ccc(SC)cc5F)nc4s3)CC2)nc1. The first-order valence-electron chi connectivity index (χ1n) is 11.5. The van der Waals surface area contributed by atoms with Gasteiger partial charge in [-0.2, -0.15) is 0 Å². The molecule has 10 heteroatoms. The predicted octanol–water partition coefficient (Wildman–Crippen LogP) is 5.36. The molecule has 1 atom stereocenters. The first-order chi connectivity index (χ1) is 16.5. The first kappa shape index (κ1) is 23.0. The molecule has 7 nitrogen and oxygen atoms in total. The van der Waals surface area contributed by atoms with E-state index in [4.69, 9.17) is 4.74 Å². The molecule has 0 aliphatic carbocycles. The van der Waals surface area contributed by atoms with E-state index in [-0.39, 0.29) is 11.9 Å². The number of hydrogen-bond donors (Lipinski definition) is 0. The van der Waals surface area contributed by atoms with Crippen LogP contribution in [0.5, 0.6) is 5.19 Å². The molecule has 1 aromatic carbocycles. The van der Waals surface area contributed by atoms with Gasteiger partial charge in [0.25, 0.3) is 5.19 Å². The normalized spacial score (nSPS) is 15.7. The van der Waals surface area contributed by atoms with Gasteiger partial charge in [0.1, 0.15) is 11.9 Å². The van der Waals surface area contributed by atoms with E-state index < -0.39 is 0 Å². The van der Waals surface area contributed by atoms with E-state index in [1.165, 1.54) is 29.2 Å². The van der Waals surface area contributed by atoms with Gasteiger partial charge in [0.2, 0.25) is 10.9 Å². The lowest BCUT2D eigenvalue weighted by atomic mass is 9.92. The minimum absolute atomic E-state index is 0.0393. The van der Waals surface area contributed by atoms with Gasteiger partial charge < -0.3 is 9.64 Å². The molecule has 0 N–H and O–H groups in total. The Morgan fingerprint density at radius 2 is 2.00 bits per heavy atom. The van der Waals surface area contributed by atoms with Gasteiger partial charge in [-0.3, -0.25) is 0 Å².